The molecule has 0 aliphatic heterocycles. The molecule has 2 rings (SSSR count). The van der Waals surface area contributed by atoms with Gasteiger partial charge in [0.1, 0.15) is 0 Å². The van der Waals surface area contributed by atoms with Gasteiger partial charge in [0.15, 0.2) is 0 Å². The lowest BCUT2D eigenvalue weighted by Gasteiger charge is -2.23. The van der Waals surface area contributed by atoms with E-state index in [9.17, 15) is 0 Å². The monoisotopic (exact) mass is 186 g/mol. The number of fused-ring (bicyclic) bond motifs is 1. The van der Waals surface area contributed by atoms with Crippen LogP contribution in [0.5, 0.6) is 0 Å². The van der Waals surface area contributed by atoms with Crippen LogP contribution in [-0.4, -0.2) is 18.0 Å². The first-order valence-corrected chi connectivity index (χ1v) is 5.26. The van der Waals surface area contributed by atoms with E-state index in [2.05, 4.69) is 55.5 Å². The Morgan fingerprint density at radius 3 is 2.50 bits per heavy atom. The quantitative estimate of drug-likeness (QED) is 0.701. The summed E-state index contributed by atoms with van der Waals surface area (Å²) >= 11 is 0. The molecule has 0 spiro atoms. The van der Waals surface area contributed by atoms with E-state index < -0.39 is 0 Å². The van der Waals surface area contributed by atoms with Gasteiger partial charge in [0.2, 0.25) is 0 Å². The molecule has 1 nitrogen and oxygen atoms in total. The van der Waals surface area contributed by atoms with Crippen molar-refractivity contribution in [2.24, 2.45) is 0 Å². The third kappa shape index (κ3) is 1.43. The summed E-state index contributed by atoms with van der Waals surface area (Å²) in [6.07, 6.45) is 4.42. The lowest BCUT2D eigenvalue weighted by Crippen LogP contribution is -2.20. The molecule has 0 atom stereocenters. The maximum absolute atomic E-state index is 2.39. The molecular formula is C13H16N. The first-order chi connectivity index (χ1) is 6.86. The van der Waals surface area contributed by atoms with Gasteiger partial charge in [-0.25, -0.2) is 0 Å². The standard InChI is InChI=1S/C13H16N/c1-3-14(4-2)13-10-9-11-7-5-6-8-12(11)13/h5-10H,3-4H2,1-2H3. The highest BCUT2D eigenvalue weighted by Gasteiger charge is 2.16. The van der Waals surface area contributed by atoms with Crippen molar-refractivity contribution in [2.45, 2.75) is 13.8 Å². The minimum Gasteiger partial charge on any atom is -0.372 e. The zero-order valence-corrected chi connectivity index (χ0v) is 8.83. The molecular weight excluding hydrogens is 170 g/mol. The van der Waals surface area contributed by atoms with E-state index in [0.29, 0.717) is 0 Å². The average Bonchev–Trinajstić information content (AvgIpc) is 2.65. The number of hydrogen-bond donors (Lipinski definition) is 0. The first kappa shape index (κ1) is 9.32. The first-order valence-electron chi connectivity index (χ1n) is 5.26. The van der Waals surface area contributed by atoms with E-state index in [0.717, 1.165) is 13.1 Å². The summed E-state index contributed by atoms with van der Waals surface area (Å²) in [5.41, 5.74) is 4.08. The fraction of sp³-hybridized carbons (Fsp3) is 0.308. The fourth-order valence-corrected chi connectivity index (χ4v) is 1.97. The van der Waals surface area contributed by atoms with Crippen LogP contribution in [-0.2, 0) is 0 Å². The molecule has 1 aliphatic carbocycles. The number of rotatable bonds is 3. The Balaban J connectivity index is 2.32. The predicted octanol–water partition coefficient (Wildman–Crippen LogP) is 2.94. The SMILES string of the molecule is CCN(CC)C1=C[CH]c2ccccc21. The van der Waals surface area contributed by atoms with Crippen LogP contribution in [0.3, 0.4) is 0 Å². The molecule has 0 heterocycles. The molecule has 0 N–H and O–H groups in total. The summed E-state index contributed by atoms with van der Waals surface area (Å²) < 4.78 is 0. The van der Waals surface area contributed by atoms with E-state index in [1.165, 1.54) is 16.8 Å². The Hall–Kier alpha value is -1.24. The minimum absolute atomic E-state index is 1.07. The van der Waals surface area contributed by atoms with Crippen molar-refractivity contribution in [1.29, 1.82) is 0 Å². The number of benzene rings is 1. The Morgan fingerprint density at radius 1 is 1.07 bits per heavy atom. The zero-order valence-electron chi connectivity index (χ0n) is 8.83. The summed E-state index contributed by atoms with van der Waals surface area (Å²) in [6.45, 7) is 6.55. The van der Waals surface area contributed by atoms with Crippen molar-refractivity contribution in [2.75, 3.05) is 13.1 Å². The van der Waals surface area contributed by atoms with Crippen molar-refractivity contribution in [3.8, 4) is 0 Å². The summed E-state index contributed by atoms with van der Waals surface area (Å²) in [5, 5.41) is 0. The van der Waals surface area contributed by atoms with E-state index in [4.69, 9.17) is 0 Å². The molecule has 0 fully saturated rings. The molecule has 14 heavy (non-hydrogen) atoms. The smallest absolute Gasteiger partial charge is 0.0408 e. The lowest BCUT2D eigenvalue weighted by molar-refractivity contribution is 0.442. The van der Waals surface area contributed by atoms with Crippen LogP contribution < -0.4 is 0 Å². The molecule has 0 unspecified atom stereocenters. The van der Waals surface area contributed by atoms with E-state index in [-0.39, 0.29) is 0 Å². The van der Waals surface area contributed by atoms with Crippen LogP contribution in [0, 0.1) is 6.42 Å². The molecule has 0 amide bonds. The van der Waals surface area contributed by atoms with Gasteiger partial charge >= 0.3 is 0 Å². The van der Waals surface area contributed by atoms with Crippen molar-refractivity contribution in [3.63, 3.8) is 0 Å². The average molecular weight is 186 g/mol. The van der Waals surface area contributed by atoms with Crippen LogP contribution in [0.2, 0.25) is 0 Å². The van der Waals surface area contributed by atoms with Crippen molar-refractivity contribution in [3.05, 3.63) is 47.9 Å². The number of hydrogen-bond acceptors (Lipinski definition) is 1. The van der Waals surface area contributed by atoms with Gasteiger partial charge in [0.25, 0.3) is 0 Å². The van der Waals surface area contributed by atoms with Gasteiger partial charge in [-0.2, -0.15) is 0 Å². The summed E-state index contributed by atoms with van der Waals surface area (Å²) in [4.78, 5) is 2.39. The highest BCUT2D eigenvalue weighted by atomic mass is 15.1. The van der Waals surface area contributed by atoms with Crippen LogP contribution in [0.25, 0.3) is 5.70 Å². The highest BCUT2D eigenvalue weighted by molar-refractivity contribution is 5.75. The largest absolute Gasteiger partial charge is 0.372 e. The maximum atomic E-state index is 2.39. The van der Waals surface area contributed by atoms with Crippen molar-refractivity contribution in [1.82, 2.24) is 4.90 Å². The Kier molecular flexibility index (Phi) is 2.58. The van der Waals surface area contributed by atoms with Crippen LogP contribution >= 0.6 is 0 Å². The molecule has 0 saturated carbocycles. The summed E-state index contributed by atoms with van der Waals surface area (Å²) in [7, 11) is 0. The van der Waals surface area contributed by atoms with E-state index >= 15 is 0 Å². The number of allylic oxidation sites excluding steroid dienone is 1. The Labute approximate surface area is 86.1 Å². The molecule has 0 saturated heterocycles. The lowest BCUT2D eigenvalue weighted by atomic mass is 10.1. The van der Waals surface area contributed by atoms with Gasteiger partial charge in [0.05, 0.1) is 0 Å². The second-order valence-corrected chi connectivity index (χ2v) is 3.48. The van der Waals surface area contributed by atoms with Gasteiger partial charge in [0, 0.05) is 30.8 Å². The molecule has 1 heteroatoms. The third-order valence-electron chi connectivity index (χ3n) is 2.76. The Morgan fingerprint density at radius 2 is 1.79 bits per heavy atom. The molecule has 73 valence electrons. The predicted molar refractivity (Wildman–Crippen MR) is 60.7 cm³/mol. The highest BCUT2D eigenvalue weighted by Crippen LogP contribution is 2.30. The van der Waals surface area contributed by atoms with Crippen molar-refractivity contribution < 1.29 is 0 Å². The van der Waals surface area contributed by atoms with Gasteiger partial charge < -0.3 is 4.90 Å². The maximum Gasteiger partial charge on any atom is 0.0408 e. The van der Waals surface area contributed by atoms with Crippen LogP contribution in [0.1, 0.15) is 25.0 Å². The van der Waals surface area contributed by atoms with Gasteiger partial charge in [-0.05, 0) is 19.4 Å². The van der Waals surface area contributed by atoms with Gasteiger partial charge in [-0.15, -0.1) is 0 Å². The molecule has 0 bridgehead atoms. The van der Waals surface area contributed by atoms with E-state index in [1.54, 1.807) is 0 Å². The topological polar surface area (TPSA) is 3.24 Å². The molecule has 1 radical (unpaired) electrons. The molecule has 0 aromatic heterocycles. The fourth-order valence-electron chi connectivity index (χ4n) is 1.97. The molecule has 1 aliphatic rings. The molecule has 1 aromatic rings. The second-order valence-electron chi connectivity index (χ2n) is 3.48. The van der Waals surface area contributed by atoms with Gasteiger partial charge in [-0.3, -0.25) is 0 Å². The normalized spacial score (nSPS) is 13.7. The van der Waals surface area contributed by atoms with E-state index in [1.807, 2.05) is 0 Å². The van der Waals surface area contributed by atoms with Crippen LogP contribution in [0.4, 0.5) is 0 Å². The van der Waals surface area contributed by atoms with Gasteiger partial charge in [-0.1, -0.05) is 30.3 Å². The second kappa shape index (κ2) is 3.87. The summed E-state index contributed by atoms with van der Waals surface area (Å²) in [5.74, 6) is 0. The van der Waals surface area contributed by atoms with Crippen molar-refractivity contribution >= 4 is 5.70 Å². The third-order valence-corrected chi connectivity index (χ3v) is 2.76. The minimum atomic E-state index is 1.07. The summed E-state index contributed by atoms with van der Waals surface area (Å²) in [6, 6.07) is 8.56. The number of nitrogens with zero attached hydrogens (tertiary/aromatic N) is 1. The molecule has 1 aromatic carbocycles. The van der Waals surface area contributed by atoms with Crippen LogP contribution in [0.15, 0.2) is 30.3 Å². The zero-order chi connectivity index (χ0) is 9.97. The Bertz CT molecular complexity index is 348.